The third-order valence-electron chi connectivity index (χ3n) is 4.01. The third-order valence-corrected chi connectivity index (χ3v) is 4.40. The zero-order chi connectivity index (χ0) is 20.1. The molecule has 3 rings (SSSR count). The minimum absolute atomic E-state index is 0.0914. The average Bonchev–Trinajstić information content (AvgIpc) is 2.99. The minimum Gasteiger partial charge on any atom is -0.459 e. The Labute approximate surface area is 165 Å². The van der Waals surface area contributed by atoms with E-state index < -0.39 is 24.2 Å². The van der Waals surface area contributed by atoms with Crippen LogP contribution in [0.4, 0.5) is 4.39 Å². The second-order valence-electron chi connectivity index (χ2n) is 5.93. The molecule has 2 aromatic carbocycles. The van der Waals surface area contributed by atoms with E-state index in [0.717, 1.165) is 5.69 Å². The molecule has 3 aromatic rings. The van der Waals surface area contributed by atoms with Crippen molar-refractivity contribution in [1.82, 2.24) is 15.1 Å². The number of nitrogens with one attached hydrogen (secondary N) is 1. The molecule has 1 amide bonds. The third kappa shape index (κ3) is 4.37. The number of ether oxygens (including phenoxy) is 1. The van der Waals surface area contributed by atoms with Gasteiger partial charge in [-0.2, -0.15) is 5.10 Å². The highest BCUT2D eigenvalue weighted by Gasteiger charge is 2.17. The maximum absolute atomic E-state index is 13.6. The summed E-state index contributed by atoms with van der Waals surface area (Å²) in [5, 5.41) is 7.03. The van der Waals surface area contributed by atoms with E-state index in [1.165, 1.54) is 24.3 Å². The molecule has 6 nitrogen and oxygen atoms in total. The van der Waals surface area contributed by atoms with E-state index in [4.69, 9.17) is 16.3 Å². The molecule has 0 spiro atoms. The van der Waals surface area contributed by atoms with E-state index in [1.807, 2.05) is 30.3 Å². The SMILES string of the molecule is Cc1nn(-c2ccccc2)c(Cl)c1COC(=O)CNC(=O)c1ccccc1F. The average molecular weight is 402 g/mol. The maximum Gasteiger partial charge on any atom is 0.325 e. The summed E-state index contributed by atoms with van der Waals surface area (Å²) >= 11 is 6.37. The van der Waals surface area contributed by atoms with Gasteiger partial charge in [0.2, 0.25) is 0 Å². The highest BCUT2D eigenvalue weighted by Crippen LogP contribution is 2.24. The first kappa shape index (κ1) is 19.6. The number of amides is 1. The first-order chi connectivity index (χ1) is 13.5. The monoisotopic (exact) mass is 401 g/mol. The summed E-state index contributed by atoms with van der Waals surface area (Å²) in [5.74, 6) is -2.03. The second-order valence-corrected chi connectivity index (χ2v) is 6.28. The Bertz CT molecular complexity index is 1010. The van der Waals surface area contributed by atoms with Crippen molar-refractivity contribution in [1.29, 1.82) is 0 Å². The highest BCUT2D eigenvalue weighted by atomic mass is 35.5. The van der Waals surface area contributed by atoms with Gasteiger partial charge in [-0.1, -0.05) is 41.9 Å². The zero-order valence-electron chi connectivity index (χ0n) is 15.0. The smallest absolute Gasteiger partial charge is 0.325 e. The van der Waals surface area contributed by atoms with Gasteiger partial charge in [0.1, 0.15) is 24.1 Å². The summed E-state index contributed by atoms with van der Waals surface area (Å²) in [5.41, 5.74) is 1.83. The molecule has 144 valence electrons. The fourth-order valence-electron chi connectivity index (χ4n) is 2.53. The number of benzene rings is 2. The van der Waals surface area contributed by atoms with E-state index in [2.05, 4.69) is 10.4 Å². The number of carbonyl (C=O) groups is 2. The van der Waals surface area contributed by atoms with Crippen molar-refractivity contribution >= 4 is 23.5 Å². The van der Waals surface area contributed by atoms with Crippen LogP contribution in [0.1, 0.15) is 21.6 Å². The van der Waals surface area contributed by atoms with E-state index in [1.54, 1.807) is 11.6 Å². The summed E-state index contributed by atoms with van der Waals surface area (Å²) in [6, 6.07) is 14.8. The fourth-order valence-corrected chi connectivity index (χ4v) is 2.86. The number of para-hydroxylation sites is 1. The van der Waals surface area contributed by atoms with Crippen LogP contribution in [-0.2, 0) is 16.1 Å². The number of rotatable bonds is 6. The van der Waals surface area contributed by atoms with Crippen molar-refractivity contribution < 1.29 is 18.7 Å². The van der Waals surface area contributed by atoms with Crippen molar-refractivity contribution in [2.45, 2.75) is 13.5 Å². The molecule has 0 atom stereocenters. The van der Waals surface area contributed by atoms with Gasteiger partial charge in [-0.3, -0.25) is 9.59 Å². The van der Waals surface area contributed by atoms with Crippen LogP contribution in [0.25, 0.3) is 5.69 Å². The van der Waals surface area contributed by atoms with Gasteiger partial charge in [-0.05, 0) is 31.2 Å². The summed E-state index contributed by atoms with van der Waals surface area (Å²) in [6.45, 7) is 1.27. The van der Waals surface area contributed by atoms with Crippen molar-refractivity contribution in [3.8, 4) is 5.69 Å². The highest BCUT2D eigenvalue weighted by molar-refractivity contribution is 6.30. The maximum atomic E-state index is 13.6. The van der Waals surface area contributed by atoms with Gasteiger partial charge in [0.15, 0.2) is 0 Å². The Morgan fingerprint density at radius 3 is 2.54 bits per heavy atom. The van der Waals surface area contributed by atoms with E-state index in [0.29, 0.717) is 16.4 Å². The van der Waals surface area contributed by atoms with Crippen LogP contribution < -0.4 is 5.32 Å². The van der Waals surface area contributed by atoms with Crippen LogP contribution in [0.2, 0.25) is 5.15 Å². The van der Waals surface area contributed by atoms with E-state index in [-0.39, 0.29) is 12.2 Å². The lowest BCUT2D eigenvalue weighted by Gasteiger charge is -2.07. The predicted octanol–water partition coefficient (Wildman–Crippen LogP) is 3.45. The summed E-state index contributed by atoms with van der Waals surface area (Å²) in [7, 11) is 0. The summed E-state index contributed by atoms with van der Waals surface area (Å²) in [4.78, 5) is 23.9. The van der Waals surface area contributed by atoms with Gasteiger partial charge in [0, 0.05) is 5.56 Å². The van der Waals surface area contributed by atoms with Crippen LogP contribution in [-0.4, -0.2) is 28.2 Å². The molecular weight excluding hydrogens is 385 g/mol. The standard InChI is InChI=1S/C20H17ClFN3O3/c1-13-16(19(21)25(24-13)14-7-3-2-4-8-14)12-28-18(26)11-23-20(27)15-9-5-6-10-17(15)22/h2-10H,11-12H2,1H3,(H,23,27). The molecule has 1 aromatic heterocycles. The van der Waals surface area contributed by atoms with E-state index >= 15 is 0 Å². The number of halogens is 2. The lowest BCUT2D eigenvalue weighted by molar-refractivity contribution is -0.143. The first-order valence-corrected chi connectivity index (χ1v) is 8.83. The van der Waals surface area contributed by atoms with Gasteiger partial charge in [-0.25, -0.2) is 9.07 Å². The van der Waals surface area contributed by atoms with Crippen molar-refractivity contribution in [3.63, 3.8) is 0 Å². The van der Waals surface area contributed by atoms with Crippen molar-refractivity contribution in [2.24, 2.45) is 0 Å². The number of aryl methyl sites for hydroxylation is 1. The molecule has 0 aliphatic rings. The molecular formula is C20H17ClFN3O3. The van der Waals surface area contributed by atoms with Crippen LogP contribution in [0.15, 0.2) is 54.6 Å². The fraction of sp³-hybridized carbons (Fsp3) is 0.150. The molecule has 0 saturated carbocycles. The van der Waals surface area contributed by atoms with Crippen LogP contribution >= 0.6 is 11.6 Å². The molecule has 0 aliphatic heterocycles. The van der Waals surface area contributed by atoms with E-state index in [9.17, 15) is 14.0 Å². The van der Waals surface area contributed by atoms with Crippen molar-refractivity contribution in [2.75, 3.05) is 6.54 Å². The summed E-state index contributed by atoms with van der Waals surface area (Å²) < 4.78 is 20.3. The molecule has 0 radical (unpaired) electrons. The molecule has 0 fully saturated rings. The molecule has 0 unspecified atom stereocenters. The Morgan fingerprint density at radius 1 is 1.14 bits per heavy atom. The number of hydrogen-bond acceptors (Lipinski definition) is 4. The largest absolute Gasteiger partial charge is 0.459 e. The number of carbonyl (C=O) groups excluding carboxylic acids is 2. The molecule has 0 saturated heterocycles. The first-order valence-electron chi connectivity index (χ1n) is 8.45. The van der Waals surface area contributed by atoms with Crippen LogP contribution in [0, 0.1) is 12.7 Å². The minimum atomic E-state index is -0.693. The Morgan fingerprint density at radius 2 is 1.82 bits per heavy atom. The molecule has 1 N–H and O–H groups in total. The lowest BCUT2D eigenvalue weighted by Crippen LogP contribution is -2.31. The number of nitrogens with zero attached hydrogens (tertiary/aromatic N) is 2. The normalized spacial score (nSPS) is 10.5. The zero-order valence-corrected chi connectivity index (χ0v) is 15.7. The molecule has 0 bridgehead atoms. The topological polar surface area (TPSA) is 73.2 Å². The van der Waals surface area contributed by atoms with Crippen molar-refractivity contribution in [3.05, 3.63) is 82.4 Å². The Hall–Kier alpha value is -3.19. The second kappa shape index (κ2) is 8.67. The van der Waals surface area contributed by atoms with Gasteiger partial charge < -0.3 is 10.1 Å². The predicted molar refractivity (Wildman–Crippen MR) is 102 cm³/mol. The lowest BCUT2D eigenvalue weighted by atomic mass is 10.2. The molecule has 28 heavy (non-hydrogen) atoms. The molecule has 0 aliphatic carbocycles. The van der Waals surface area contributed by atoms with Gasteiger partial charge in [0.25, 0.3) is 5.91 Å². The molecule has 8 heteroatoms. The Balaban J connectivity index is 1.59. The quantitative estimate of drug-likeness (QED) is 0.642. The van der Waals surface area contributed by atoms with Crippen LogP contribution in [0.5, 0.6) is 0 Å². The van der Waals surface area contributed by atoms with Gasteiger partial charge >= 0.3 is 5.97 Å². The number of aromatic nitrogens is 2. The Kier molecular flexibility index (Phi) is 6.06. The molecule has 1 heterocycles. The summed E-state index contributed by atoms with van der Waals surface area (Å²) in [6.07, 6.45) is 0. The van der Waals surface area contributed by atoms with Crippen LogP contribution in [0.3, 0.4) is 0 Å². The number of esters is 1. The number of hydrogen-bond donors (Lipinski definition) is 1. The van der Waals surface area contributed by atoms with Gasteiger partial charge in [-0.15, -0.1) is 0 Å². The van der Waals surface area contributed by atoms with Gasteiger partial charge in [0.05, 0.1) is 16.9 Å².